The zero-order valence-corrected chi connectivity index (χ0v) is 9.07. The van der Waals surface area contributed by atoms with Crippen LogP contribution in [0, 0.1) is 5.92 Å². The third kappa shape index (κ3) is 3.72. The van der Waals surface area contributed by atoms with Crippen molar-refractivity contribution in [3.05, 3.63) is 35.9 Å². The smallest absolute Gasteiger partial charge is 0.224 e. The van der Waals surface area contributed by atoms with E-state index >= 15 is 0 Å². The largest absolute Gasteiger partial charge is 0.356 e. The molecular formula is C12H18N2O. The van der Waals surface area contributed by atoms with Gasteiger partial charge < -0.3 is 11.1 Å². The molecule has 0 fully saturated rings. The first-order valence-corrected chi connectivity index (χ1v) is 5.29. The Morgan fingerprint density at radius 2 is 2.07 bits per heavy atom. The number of carbonyl (C=O) groups is 1. The summed E-state index contributed by atoms with van der Waals surface area (Å²) in [5, 5.41) is 2.80. The van der Waals surface area contributed by atoms with Crippen LogP contribution in [0.4, 0.5) is 0 Å². The molecule has 0 aliphatic heterocycles. The Hall–Kier alpha value is -1.35. The van der Waals surface area contributed by atoms with Crippen molar-refractivity contribution < 1.29 is 4.79 Å². The van der Waals surface area contributed by atoms with Crippen LogP contribution in [0.5, 0.6) is 0 Å². The molecule has 1 aromatic rings. The predicted molar refractivity (Wildman–Crippen MR) is 61.4 cm³/mol. The van der Waals surface area contributed by atoms with Gasteiger partial charge in [-0.05, 0) is 18.9 Å². The normalized spacial score (nSPS) is 12.1. The quantitative estimate of drug-likeness (QED) is 0.753. The lowest BCUT2D eigenvalue weighted by Crippen LogP contribution is -2.36. The molecule has 3 heteroatoms. The van der Waals surface area contributed by atoms with E-state index in [1.165, 1.54) is 0 Å². The van der Waals surface area contributed by atoms with E-state index in [-0.39, 0.29) is 11.8 Å². The molecule has 82 valence electrons. The van der Waals surface area contributed by atoms with Crippen molar-refractivity contribution in [3.8, 4) is 0 Å². The van der Waals surface area contributed by atoms with Crippen molar-refractivity contribution in [3.63, 3.8) is 0 Å². The van der Waals surface area contributed by atoms with Gasteiger partial charge in [-0.25, -0.2) is 0 Å². The number of nitrogens with two attached hydrogens (primary N) is 1. The van der Waals surface area contributed by atoms with Crippen LogP contribution in [-0.4, -0.2) is 19.0 Å². The number of rotatable bonds is 5. The van der Waals surface area contributed by atoms with Crippen molar-refractivity contribution in [2.75, 3.05) is 13.1 Å². The number of carbonyl (C=O) groups excluding carboxylic acids is 1. The van der Waals surface area contributed by atoms with E-state index in [1.807, 2.05) is 37.3 Å². The summed E-state index contributed by atoms with van der Waals surface area (Å²) in [5.41, 5.74) is 6.74. The van der Waals surface area contributed by atoms with Crippen LogP contribution in [0.25, 0.3) is 0 Å². The van der Waals surface area contributed by atoms with E-state index < -0.39 is 0 Å². The average Bonchev–Trinajstić information content (AvgIpc) is 2.27. The standard InChI is InChI=1S/C12H18N2O/c1-2-14-12(15)11(9-13)8-10-6-4-3-5-7-10/h3-7,11H,2,8-9,13H2,1H3,(H,14,15). The fraction of sp³-hybridized carbons (Fsp3) is 0.417. The maximum Gasteiger partial charge on any atom is 0.224 e. The van der Waals surface area contributed by atoms with Crippen LogP contribution in [0.15, 0.2) is 30.3 Å². The van der Waals surface area contributed by atoms with E-state index in [2.05, 4.69) is 5.32 Å². The molecule has 0 saturated heterocycles. The number of benzene rings is 1. The molecule has 1 unspecified atom stereocenters. The van der Waals surface area contributed by atoms with Gasteiger partial charge in [0.2, 0.25) is 5.91 Å². The molecule has 1 aromatic carbocycles. The molecule has 0 bridgehead atoms. The van der Waals surface area contributed by atoms with Gasteiger partial charge in [-0.2, -0.15) is 0 Å². The molecule has 15 heavy (non-hydrogen) atoms. The van der Waals surface area contributed by atoms with Crippen molar-refractivity contribution in [1.82, 2.24) is 5.32 Å². The van der Waals surface area contributed by atoms with Gasteiger partial charge in [0.1, 0.15) is 0 Å². The third-order valence-electron chi connectivity index (χ3n) is 2.33. The third-order valence-corrected chi connectivity index (χ3v) is 2.33. The van der Waals surface area contributed by atoms with E-state index in [1.54, 1.807) is 0 Å². The molecule has 0 saturated carbocycles. The molecule has 0 aliphatic rings. The lowest BCUT2D eigenvalue weighted by atomic mass is 9.99. The highest BCUT2D eigenvalue weighted by Crippen LogP contribution is 2.07. The maximum absolute atomic E-state index is 11.6. The van der Waals surface area contributed by atoms with Crippen LogP contribution in [0.1, 0.15) is 12.5 Å². The zero-order valence-electron chi connectivity index (χ0n) is 9.07. The number of hydrogen-bond donors (Lipinski definition) is 2. The molecule has 0 aromatic heterocycles. The lowest BCUT2D eigenvalue weighted by Gasteiger charge is -2.13. The van der Waals surface area contributed by atoms with Gasteiger partial charge in [-0.1, -0.05) is 30.3 Å². The fourth-order valence-corrected chi connectivity index (χ4v) is 1.50. The second kappa shape index (κ2) is 6.19. The minimum absolute atomic E-state index is 0.0452. The Morgan fingerprint density at radius 3 is 2.60 bits per heavy atom. The topological polar surface area (TPSA) is 55.1 Å². The van der Waals surface area contributed by atoms with Crippen molar-refractivity contribution in [1.29, 1.82) is 0 Å². The highest BCUT2D eigenvalue weighted by molar-refractivity contribution is 5.79. The van der Waals surface area contributed by atoms with E-state index in [9.17, 15) is 4.79 Å². The van der Waals surface area contributed by atoms with Crippen LogP contribution in [0.3, 0.4) is 0 Å². The molecule has 1 rings (SSSR count). The Balaban J connectivity index is 2.58. The van der Waals surface area contributed by atoms with E-state index in [0.717, 1.165) is 5.56 Å². The summed E-state index contributed by atoms with van der Waals surface area (Å²) < 4.78 is 0. The highest BCUT2D eigenvalue weighted by Gasteiger charge is 2.15. The summed E-state index contributed by atoms with van der Waals surface area (Å²) in [4.78, 5) is 11.6. The maximum atomic E-state index is 11.6. The molecule has 3 nitrogen and oxygen atoms in total. The monoisotopic (exact) mass is 206 g/mol. The Labute approximate surface area is 90.7 Å². The zero-order chi connectivity index (χ0) is 11.1. The highest BCUT2D eigenvalue weighted by atomic mass is 16.1. The van der Waals surface area contributed by atoms with Crippen LogP contribution in [0.2, 0.25) is 0 Å². The second-order valence-electron chi connectivity index (χ2n) is 3.52. The number of hydrogen-bond acceptors (Lipinski definition) is 2. The molecule has 0 radical (unpaired) electrons. The molecular weight excluding hydrogens is 188 g/mol. The minimum atomic E-state index is -0.118. The Morgan fingerprint density at radius 1 is 1.40 bits per heavy atom. The SMILES string of the molecule is CCNC(=O)C(CN)Cc1ccccc1. The van der Waals surface area contributed by atoms with Gasteiger partial charge >= 0.3 is 0 Å². The second-order valence-corrected chi connectivity index (χ2v) is 3.52. The Bertz CT molecular complexity index is 298. The first-order chi connectivity index (χ1) is 7.27. The summed E-state index contributed by atoms with van der Waals surface area (Å²) in [5.74, 6) is -0.0730. The Kier molecular flexibility index (Phi) is 4.84. The van der Waals surface area contributed by atoms with Gasteiger partial charge in [0, 0.05) is 13.1 Å². The average molecular weight is 206 g/mol. The van der Waals surface area contributed by atoms with E-state index in [0.29, 0.717) is 19.5 Å². The summed E-state index contributed by atoms with van der Waals surface area (Å²) in [6.45, 7) is 2.96. The van der Waals surface area contributed by atoms with Gasteiger partial charge in [0.05, 0.1) is 5.92 Å². The molecule has 1 amide bonds. The minimum Gasteiger partial charge on any atom is -0.356 e. The summed E-state index contributed by atoms with van der Waals surface area (Å²) in [7, 11) is 0. The van der Waals surface area contributed by atoms with Gasteiger partial charge in [0.25, 0.3) is 0 Å². The van der Waals surface area contributed by atoms with Gasteiger partial charge in [0.15, 0.2) is 0 Å². The van der Waals surface area contributed by atoms with Crippen molar-refractivity contribution >= 4 is 5.91 Å². The first-order valence-electron chi connectivity index (χ1n) is 5.29. The molecule has 1 atom stereocenters. The molecule has 0 heterocycles. The lowest BCUT2D eigenvalue weighted by molar-refractivity contribution is -0.124. The molecule has 0 aliphatic carbocycles. The van der Waals surface area contributed by atoms with Gasteiger partial charge in [-0.3, -0.25) is 4.79 Å². The van der Waals surface area contributed by atoms with Crippen LogP contribution in [-0.2, 0) is 11.2 Å². The summed E-state index contributed by atoms with van der Waals surface area (Å²) in [6, 6.07) is 9.94. The van der Waals surface area contributed by atoms with Crippen molar-refractivity contribution in [2.24, 2.45) is 11.7 Å². The summed E-state index contributed by atoms with van der Waals surface area (Å²) >= 11 is 0. The van der Waals surface area contributed by atoms with Crippen LogP contribution >= 0.6 is 0 Å². The van der Waals surface area contributed by atoms with Crippen LogP contribution < -0.4 is 11.1 Å². The number of amides is 1. The summed E-state index contributed by atoms with van der Waals surface area (Å²) in [6.07, 6.45) is 0.711. The fourth-order valence-electron chi connectivity index (χ4n) is 1.50. The molecule has 0 spiro atoms. The first kappa shape index (κ1) is 11.7. The van der Waals surface area contributed by atoms with E-state index in [4.69, 9.17) is 5.73 Å². The van der Waals surface area contributed by atoms with Gasteiger partial charge in [-0.15, -0.1) is 0 Å². The predicted octanol–water partition coefficient (Wildman–Crippen LogP) is 0.940. The van der Waals surface area contributed by atoms with Crippen molar-refractivity contribution in [2.45, 2.75) is 13.3 Å². The molecule has 3 N–H and O–H groups in total. The number of nitrogens with one attached hydrogen (secondary N) is 1.